The third-order valence-electron chi connectivity index (χ3n) is 20.9. The summed E-state index contributed by atoms with van der Waals surface area (Å²) in [5.74, 6) is 0. The molecule has 0 atom stereocenters. The highest BCUT2D eigenvalue weighted by Gasteiger charge is 2.48. The molecule has 2 aliphatic carbocycles. The van der Waals surface area contributed by atoms with Crippen molar-refractivity contribution in [2.45, 2.75) is 50.1 Å². The van der Waals surface area contributed by atoms with Gasteiger partial charge in [0, 0.05) is 74.5 Å². The summed E-state index contributed by atoms with van der Waals surface area (Å²) in [7, 11) is -3.16. The molecule has 6 heteroatoms. The van der Waals surface area contributed by atoms with Crippen LogP contribution in [0.15, 0.2) is 315 Å². The first-order chi connectivity index (χ1) is 46.8. The summed E-state index contributed by atoms with van der Waals surface area (Å²) >= 11 is 3.80. The standard InChI is InChI=1S/C90H70N2S2Si2/c1-95(2,3)71-45-39-65(40-46-71)91(67-29-21-27-63(55-67)89(61-23-9-7-10-24-61)81-35-17-13-31-73(81)74-32-14-18-36-82(74)89)69-43-49-77-79-51-59-54-86-80(52-60(59)53-85(79)93-87(77)57-69)78-50-44-70(58-88(78)94-86)92(66-41-47-72(48-42-66)96(4,5)6)68-30-22-28-64(56-68)90(62-25-11-8-12-26-62)83-37-19-15-33-75(83)76-34-16-20-38-84(76)90/h7-58H,1-6H3. The number of hydrogen-bond donors (Lipinski definition) is 0. The Morgan fingerprint density at radius 3 is 0.896 bits per heavy atom. The van der Waals surface area contributed by atoms with Gasteiger partial charge in [0.05, 0.1) is 27.0 Å². The van der Waals surface area contributed by atoms with Crippen LogP contribution in [0.4, 0.5) is 34.1 Å². The van der Waals surface area contributed by atoms with Crippen molar-refractivity contribution in [1.29, 1.82) is 0 Å². The lowest BCUT2D eigenvalue weighted by Crippen LogP contribution is -2.37. The molecule has 0 saturated carbocycles. The van der Waals surface area contributed by atoms with Crippen LogP contribution in [0.25, 0.3) is 73.4 Å². The number of thiophene rings is 2. The molecule has 0 spiro atoms. The van der Waals surface area contributed by atoms with E-state index in [2.05, 4.69) is 365 Å². The van der Waals surface area contributed by atoms with Gasteiger partial charge < -0.3 is 9.80 Å². The minimum atomic E-state index is -1.58. The number of fused-ring (bicyclic) bond motifs is 13. The van der Waals surface area contributed by atoms with E-state index in [0.717, 1.165) is 34.1 Å². The molecule has 0 bridgehead atoms. The summed E-state index contributed by atoms with van der Waals surface area (Å²) in [5, 5.41) is 10.6. The number of rotatable bonds is 12. The highest BCUT2D eigenvalue weighted by atomic mass is 32.1. The van der Waals surface area contributed by atoms with Gasteiger partial charge in [-0.15, -0.1) is 22.7 Å². The molecule has 0 N–H and O–H groups in total. The zero-order valence-corrected chi connectivity index (χ0v) is 58.4. The summed E-state index contributed by atoms with van der Waals surface area (Å²) in [6, 6.07) is 120. The van der Waals surface area contributed by atoms with Crippen molar-refractivity contribution in [3.8, 4) is 22.3 Å². The van der Waals surface area contributed by atoms with E-state index < -0.39 is 27.0 Å². The quantitative estimate of drug-likeness (QED) is 0.113. The van der Waals surface area contributed by atoms with Gasteiger partial charge >= 0.3 is 0 Å². The van der Waals surface area contributed by atoms with Crippen LogP contribution in [-0.2, 0) is 10.8 Å². The highest BCUT2D eigenvalue weighted by molar-refractivity contribution is 7.26. The van der Waals surface area contributed by atoms with Crippen LogP contribution in [0.3, 0.4) is 0 Å². The van der Waals surface area contributed by atoms with E-state index in [9.17, 15) is 0 Å². The first kappa shape index (κ1) is 58.4. The molecule has 18 rings (SSSR count). The smallest absolute Gasteiger partial charge is 0.0775 e. The largest absolute Gasteiger partial charge is 0.310 e. The van der Waals surface area contributed by atoms with Crippen LogP contribution in [0.5, 0.6) is 0 Å². The maximum absolute atomic E-state index is 2.49. The fourth-order valence-corrected chi connectivity index (χ4v) is 21.0. The molecule has 96 heavy (non-hydrogen) atoms. The fourth-order valence-electron chi connectivity index (χ4n) is 16.3. The highest BCUT2D eigenvalue weighted by Crippen LogP contribution is 2.59. The molecule has 0 saturated heterocycles. The Morgan fingerprint density at radius 1 is 0.240 bits per heavy atom. The molecular formula is C90H70N2S2Si2. The minimum absolute atomic E-state index is 0.514. The van der Waals surface area contributed by atoms with E-state index in [1.54, 1.807) is 0 Å². The molecule has 0 fully saturated rings. The fraction of sp³-hybridized carbons (Fsp3) is 0.0889. The average molecular weight is 1300 g/mol. The minimum Gasteiger partial charge on any atom is -0.310 e. The Kier molecular flexibility index (Phi) is 13.5. The summed E-state index contributed by atoms with van der Waals surface area (Å²) in [4.78, 5) is 4.98. The van der Waals surface area contributed by atoms with Gasteiger partial charge in [-0.1, -0.05) is 268 Å². The maximum Gasteiger partial charge on any atom is 0.0775 e. The number of benzene rings is 14. The van der Waals surface area contributed by atoms with Crippen LogP contribution in [0.2, 0.25) is 39.3 Å². The molecule has 2 heterocycles. The third kappa shape index (κ3) is 9.06. The predicted molar refractivity (Wildman–Crippen MR) is 420 cm³/mol. The van der Waals surface area contributed by atoms with E-state index in [4.69, 9.17) is 0 Å². The Labute approximate surface area is 572 Å². The van der Waals surface area contributed by atoms with Crippen molar-refractivity contribution in [3.63, 3.8) is 0 Å². The second-order valence-electron chi connectivity index (χ2n) is 28.4. The van der Waals surface area contributed by atoms with Crippen LogP contribution in [-0.4, -0.2) is 16.1 Å². The molecule has 0 amide bonds. The van der Waals surface area contributed by atoms with Gasteiger partial charge in [-0.2, -0.15) is 0 Å². The van der Waals surface area contributed by atoms with Crippen molar-refractivity contribution in [2.75, 3.05) is 9.80 Å². The maximum atomic E-state index is 2.49. The lowest BCUT2D eigenvalue weighted by molar-refractivity contribution is 0.768. The van der Waals surface area contributed by atoms with Gasteiger partial charge in [0.15, 0.2) is 0 Å². The van der Waals surface area contributed by atoms with Gasteiger partial charge in [0.1, 0.15) is 0 Å². The van der Waals surface area contributed by atoms with E-state index in [1.807, 2.05) is 22.7 Å². The van der Waals surface area contributed by atoms with E-state index in [0.29, 0.717) is 0 Å². The van der Waals surface area contributed by atoms with Crippen molar-refractivity contribution >= 4 is 134 Å². The molecule has 16 aromatic rings. The van der Waals surface area contributed by atoms with E-state index in [-0.39, 0.29) is 0 Å². The normalized spacial score (nSPS) is 13.7. The third-order valence-corrected chi connectivity index (χ3v) is 27.2. The Morgan fingerprint density at radius 2 is 0.542 bits per heavy atom. The molecule has 2 nitrogen and oxygen atoms in total. The van der Waals surface area contributed by atoms with Crippen molar-refractivity contribution in [3.05, 3.63) is 360 Å². The van der Waals surface area contributed by atoms with Crippen molar-refractivity contribution in [2.24, 2.45) is 0 Å². The molecule has 0 aliphatic heterocycles. The van der Waals surface area contributed by atoms with Crippen LogP contribution in [0, 0.1) is 0 Å². The van der Waals surface area contributed by atoms with Gasteiger partial charge in [0.2, 0.25) is 0 Å². The second-order valence-corrected chi connectivity index (χ2v) is 40.7. The lowest BCUT2D eigenvalue weighted by atomic mass is 9.67. The first-order valence-corrected chi connectivity index (χ1v) is 42.2. The van der Waals surface area contributed by atoms with Gasteiger partial charge in [-0.05, 0) is 175 Å². The van der Waals surface area contributed by atoms with Crippen LogP contribution >= 0.6 is 22.7 Å². The Balaban J connectivity index is 0.744. The van der Waals surface area contributed by atoms with Crippen LogP contribution in [0.1, 0.15) is 44.5 Å². The first-order valence-electron chi connectivity index (χ1n) is 33.6. The Hall–Kier alpha value is -10.2. The number of hydrogen-bond acceptors (Lipinski definition) is 4. The number of nitrogens with zero attached hydrogens (tertiary/aromatic N) is 2. The lowest BCUT2D eigenvalue weighted by Gasteiger charge is -2.35. The molecule has 14 aromatic carbocycles. The second kappa shape index (κ2) is 22.2. The molecule has 2 aliphatic rings. The van der Waals surface area contributed by atoms with Crippen molar-refractivity contribution < 1.29 is 0 Å². The molecule has 0 radical (unpaired) electrons. The van der Waals surface area contributed by atoms with Gasteiger partial charge in [-0.25, -0.2) is 0 Å². The zero-order valence-electron chi connectivity index (χ0n) is 54.7. The molecule has 0 unspecified atom stereocenters. The molecular weight excluding hydrogens is 1230 g/mol. The summed E-state index contributed by atoms with van der Waals surface area (Å²) in [6.45, 7) is 14.6. The topological polar surface area (TPSA) is 6.48 Å². The molecule has 2 aromatic heterocycles. The van der Waals surface area contributed by atoms with E-state index in [1.165, 1.54) is 128 Å². The predicted octanol–water partition coefficient (Wildman–Crippen LogP) is 24.3. The zero-order chi connectivity index (χ0) is 64.7. The summed E-state index contributed by atoms with van der Waals surface area (Å²) < 4.78 is 5.14. The SMILES string of the molecule is C[Si](C)(C)c1ccc(N(c2cccc(C3(c4ccccc4)c4ccccc4-c4ccccc43)c2)c2ccc3c(c2)sc2cc4cc5c(cc4cc23)sc2cc(N(c3ccc([Si](C)(C)C)cc3)c3cccc(C4(c6ccccc6)c6ccccc6-c6ccccc64)c3)ccc25)cc1. The average Bonchev–Trinajstić information content (AvgIpc) is 1.52. The van der Waals surface area contributed by atoms with Crippen molar-refractivity contribution in [1.82, 2.24) is 0 Å². The Bertz CT molecular complexity index is 5310. The summed E-state index contributed by atoms with van der Waals surface area (Å²) in [6.07, 6.45) is 0. The monoisotopic (exact) mass is 1300 g/mol. The van der Waals surface area contributed by atoms with Crippen LogP contribution < -0.4 is 20.2 Å². The molecule has 460 valence electrons. The van der Waals surface area contributed by atoms with Gasteiger partial charge in [0.25, 0.3) is 0 Å². The van der Waals surface area contributed by atoms with Gasteiger partial charge in [-0.3, -0.25) is 0 Å². The summed E-state index contributed by atoms with van der Waals surface area (Å²) in [5.41, 5.74) is 21.3. The van der Waals surface area contributed by atoms with E-state index >= 15 is 0 Å². The number of anilines is 6.